The number of amides is 1. The van der Waals surface area contributed by atoms with Gasteiger partial charge in [-0.05, 0) is 49.2 Å². The summed E-state index contributed by atoms with van der Waals surface area (Å²) in [5.41, 5.74) is 7.00. The SMILES string of the molecule is COc1ccc(CCNC(=O)/C(Cc2cc(Cl)cc(Cl)c2OCCCN)=N/O)cc1. The fourth-order valence-electron chi connectivity index (χ4n) is 2.72. The Bertz CT molecular complexity index is 873. The molecule has 162 valence electrons. The average Bonchev–Trinajstić information content (AvgIpc) is 2.74. The van der Waals surface area contributed by atoms with Gasteiger partial charge in [-0.15, -0.1) is 0 Å². The van der Waals surface area contributed by atoms with Crippen LogP contribution in [-0.2, 0) is 17.6 Å². The van der Waals surface area contributed by atoms with Crippen LogP contribution >= 0.6 is 23.2 Å². The van der Waals surface area contributed by atoms with E-state index in [9.17, 15) is 10.0 Å². The number of nitrogens with one attached hydrogen (secondary N) is 1. The van der Waals surface area contributed by atoms with Crippen molar-refractivity contribution in [3.05, 3.63) is 57.6 Å². The summed E-state index contributed by atoms with van der Waals surface area (Å²) in [6.45, 7) is 1.21. The van der Waals surface area contributed by atoms with Crippen LogP contribution in [0.4, 0.5) is 0 Å². The Kier molecular flexibility index (Phi) is 9.73. The Morgan fingerprint density at radius 2 is 1.97 bits per heavy atom. The summed E-state index contributed by atoms with van der Waals surface area (Å²) in [5, 5.41) is 16.0. The summed E-state index contributed by atoms with van der Waals surface area (Å²) < 4.78 is 10.8. The minimum atomic E-state index is -0.491. The van der Waals surface area contributed by atoms with Gasteiger partial charge in [-0.1, -0.05) is 40.5 Å². The molecule has 2 rings (SSSR count). The molecule has 0 fully saturated rings. The van der Waals surface area contributed by atoms with Gasteiger partial charge < -0.3 is 25.7 Å². The molecule has 0 bridgehead atoms. The normalized spacial score (nSPS) is 11.3. The molecule has 7 nitrogen and oxygen atoms in total. The molecule has 0 aliphatic carbocycles. The highest BCUT2D eigenvalue weighted by molar-refractivity contribution is 6.39. The lowest BCUT2D eigenvalue weighted by Crippen LogP contribution is -2.33. The third-order valence-electron chi connectivity index (χ3n) is 4.28. The van der Waals surface area contributed by atoms with Crippen molar-refractivity contribution < 1.29 is 19.5 Å². The number of hydrogen-bond acceptors (Lipinski definition) is 6. The van der Waals surface area contributed by atoms with Gasteiger partial charge in [0.2, 0.25) is 0 Å². The first-order valence-electron chi connectivity index (χ1n) is 9.41. The maximum atomic E-state index is 12.5. The molecule has 2 aromatic rings. The van der Waals surface area contributed by atoms with Crippen molar-refractivity contribution in [2.24, 2.45) is 10.9 Å². The predicted octanol–water partition coefficient (Wildman–Crippen LogP) is 3.46. The summed E-state index contributed by atoms with van der Waals surface area (Å²) in [4.78, 5) is 12.5. The predicted molar refractivity (Wildman–Crippen MR) is 118 cm³/mol. The molecule has 0 atom stereocenters. The van der Waals surface area contributed by atoms with E-state index in [0.29, 0.717) is 53.9 Å². The van der Waals surface area contributed by atoms with Crippen LogP contribution in [0.5, 0.6) is 11.5 Å². The van der Waals surface area contributed by atoms with E-state index >= 15 is 0 Å². The van der Waals surface area contributed by atoms with E-state index in [1.165, 1.54) is 0 Å². The molecule has 0 heterocycles. The van der Waals surface area contributed by atoms with Gasteiger partial charge in [0.25, 0.3) is 5.91 Å². The molecule has 0 spiro atoms. The molecule has 1 amide bonds. The maximum Gasteiger partial charge on any atom is 0.269 e. The minimum absolute atomic E-state index is 0.00308. The van der Waals surface area contributed by atoms with Crippen LogP contribution in [0.3, 0.4) is 0 Å². The van der Waals surface area contributed by atoms with Crippen LogP contribution in [0.2, 0.25) is 10.0 Å². The summed E-state index contributed by atoms with van der Waals surface area (Å²) in [6.07, 6.45) is 1.26. The van der Waals surface area contributed by atoms with E-state index < -0.39 is 5.91 Å². The van der Waals surface area contributed by atoms with Crippen molar-refractivity contribution in [1.29, 1.82) is 0 Å². The number of methoxy groups -OCH3 is 1. The number of carbonyl (C=O) groups is 1. The molecule has 30 heavy (non-hydrogen) atoms. The van der Waals surface area contributed by atoms with Crippen molar-refractivity contribution in [2.75, 3.05) is 26.8 Å². The topological polar surface area (TPSA) is 106 Å². The second-order valence-corrected chi connectivity index (χ2v) is 7.29. The highest BCUT2D eigenvalue weighted by atomic mass is 35.5. The number of nitrogens with zero attached hydrogens (tertiary/aromatic N) is 1. The molecule has 0 aliphatic heterocycles. The van der Waals surface area contributed by atoms with Gasteiger partial charge in [-0.2, -0.15) is 0 Å². The fourth-order valence-corrected chi connectivity index (χ4v) is 3.31. The highest BCUT2D eigenvalue weighted by Gasteiger charge is 2.18. The van der Waals surface area contributed by atoms with Crippen molar-refractivity contribution in [2.45, 2.75) is 19.3 Å². The van der Waals surface area contributed by atoms with Crippen LogP contribution in [0.1, 0.15) is 17.5 Å². The van der Waals surface area contributed by atoms with E-state index in [0.717, 1.165) is 11.3 Å². The van der Waals surface area contributed by atoms with Gasteiger partial charge >= 0.3 is 0 Å². The van der Waals surface area contributed by atoms with Crippen LogP contribution in [-0.4, -0.2) is 43.6 Å². The number of rotatable bonds is 11. The first-order valence-corrected chi connectivity index (χ1v) is 10.2. The van der Waals surface area contributed by atoms with Gasteiger partial charge in [-0.25, -0.2) is 0 Å². The zero-order chi connectivity index (χ0) is 21.9. The number of benzene rings is 2. The van der Waals surface area contributed by atoms with Crippen molar-refractivity contribution in [3.8, 4) is 11.5 Å². The van der Waals surface area contributed by atoms with E-state index in [1.54, 1.807) is 19.2 Å². The minimum Gasteiger partial charge on any atom is -0.497 e. The molecule has 2 aromatic carbocycles. The Hall–Kier alpha value is -2.48. The molecule has 4 N–H and O–H groups in total. The molecule has 0 radical (unpaired) electrons. The summed E-state index contributed by atoms with van der Waals surface area (Å²) in [7, 11) is 1.60. The molecular weight excluding hydrogens is 429 g/mol. The average molecular weight is 454 g/mol. The van der Waals surface area contributed by atoms with Crippen LogP contribution < -0.4 is 20.5 Å². The van der Waals surface area contributed by atoms with E-state index in [1.807, 2.05) is 24.3 Å². The van der Waals surface area contributed by atoms with Crippen molar-refractivity contribution in [1.82, 2.24) is 5.32 Å². The lowest BCUT2D eigenvalue weighted by atomic mass is 10.1. The fraction of sp³-hybridized carbons (Fsp3) is 0.333. The van der Waals surface area contributed by atoms with Crippen LogP contribution in [0.15, 0.2) is 41.6 Å². The molecule has 0 aromatic heterocycles. The number of oxime groups is 1. The van der Waals surface area contributed by atoms with Crippen molar-refractivity contribution in [3.63, 3.8) is 0 Å². The van der Waals surface area contributed by atoms with Gasteiger partial charge in [0.15, 0.2) is 0 Å². The summed E-state index contributed by atoms with van der Waals surface area (Å²) in [6, 6.07) is 10.7. The lowest BCUT2D eigenvalue weighted by molar-refractivity contribution is -0.115. The van der Waals surface area contributed by atoms with Gasteiger partial charge in [0, 0.05) is 23.6 Å². The first-order chi connectivity index (χ1) is 14.5. The third kappa shape index (κ3) is 7.09. The zero-order valence-electron chi connectivity index (χ0n) is 16.7. The standard InChI is InChI=1S/C21H25Cl2N3O4/c1-29-17-5-3-14(4-6-17)7-9-25-21(27)19(26-28)12-15-11-16(22)13-18(23)20(15)30-10-2-8-24/h3-6,11,13,28H,2,7-10,12,24H2,1H3,(H,25,27)/b26-19+. The number of halogens is 2. The number of hydrogen-bond donors (Lipinski definition) is 3. The molecule has 0 unspecified atom stereocenters. The molecule has 0 aliphatic rings. The Morgan fingerprint density at radius 1 is 1.23 bits per heavy atom. The monoisotopic (exact) mass is 453 g/mol. The van der Waals surface area contributed by atoms with Crippen LogP contribution in [0, 0.1) is 0 Å². The number of carbonyl (C=O) groups excluding carboxylic acids is 1. The zero-order valence-corrected chi connectivity index (χ0v) is 18.2. The molecular formula is C21H25Cl2N3O4. The van der Waals surface area contributed by atoms with E-state index in [2.05, 4.69) is 10.5 Å². The Labute approximate surface area is 185 Å². The second-order valence-electron chi connectivity index (χ2n) is 6.44. The van der Waals surface area contributed by atoms with Gasteiger partial charge in [0.1, 0.15) is 17.2 Å². The Balaban J connectivity index is 2.00. The van der Waals surface area contributed by atoms with Gasteiger partial charge in [-0.3, -0.25) is 4.79 Å². The van der Waals surface area contributed by atoms with E-state index in [4.69, 9.17) is 38.4 Å². The van der Waals surface area contributed by atoms with E-state index in [-0.39, 0.29) is 12.1 Å². The second kappa shape index (κ2) is 12.3. The number of ether oxygens (including phenoxy) is 2. The largest absolute Gasteiger partial charge is 0.497 e. The Morgan fingerprint density at radius 3 is 2.60 bits per heavy atom. The molecule has 0 saturated carbocycles. The highest BCUT2D eigenvalue weighted by Crippen LogP contribution is 2.33. The molecule has 0 saturated heterocycles. The summed E-state index contributed by atoms with van der Waals surface area (Å²) >= 11 is 12.3. The maximum absolute atomic E-state index is 12.5. The third-order valence-corrected chi connectivity index (χ3v) is 4.78. The molecule has 9 heteroatoms. The van der Waals surface area contributed by atoms with Gasteiger partial charge in [0.05, 0.1) is 18.7 Å². The summed E-state index contributed by atoms with van der Waals surface area (Å²) in [5.74, 6) is 0.666. The smallest absolute Gasteiger partial charge is 0.269 e. The lowest BCUT2D eigenvalue weighted by Gasteiger charge is -2.14. The van der Waals surface area contributed by atoms with Crippen LogP contribution in [0.25, 0.3) is 0 Å². The quantitative estimate of drug-likeness (QED) is 0.209. The van der Waals surface area contributed by atoms with Crippen molar-refractivity contribution >= 4 is 34.8 Å². The first kappa shape index (κ1) is 23.8. The number of nitrogens with two attached hydrogens (primary N) is 1.